The van der Waals surface area contributed by atoms with Crippen molar-refractivity contribution in [2.75, 3.05) is 39.8 Å². The molecule has 0 bridgehead atoms. The Labute approximate surface area is 122 Å². The van der Waals surface area contributed by atoms with E-state index in [4.69, 9.17) is 4.74 Å². The standard InChI is InChI=1S/C15H30N2O3/c1-12(20-5)10-14(19)17-8-6-16(7-9-17)11-13(18)15(2,3)4/h12-13,18H,6-11H2,1-5H3/t12-,13-/m0/s1. The SMILES string of the molecule is CO[C@@H](C)CC(=O)N1CCN(C[C@H](O)C(C)(C)C)CC1. The molecule has 0 aromatic carbocycles. The summed E-state index contributed by atoms with van der Waals surface area (Å²) in [5, 5.41) is 10.1. The van der Waals surface area contributed by atoms with Crippen LogP contribution in [0.15, 0.2) is 0 Å². The van der Waals surface area contributed by atoms with Crippen LogP contribution in [0.3, 0.4) is 0 Å². The summed E-state index contributed by atoms with van der Waals surface area (Å²) < 4.78 is 5.13. The Kier molecular flexibility index (Phi) is 6.43. The zero-order chi connectivity index (χ0) is 15.3. The first-order valence-electron chi connectivity index (χ1n) is 7.45. The second kappa shape index (κ2) is 7.38. The van der Waals surface area contributed by atoms with Crippen molar-refractivity contribution in [2.24, 2.45) is 5.41 Å². The average Bonchev–Trinajstić information content (AvgIpc) is 2.38. The van der Waals surface area contributed by atoms with Gasteiger partial charge in [-0.2, -0.15) is 0 Å². The minimum absolute atomic E-state index is 0.0248. The van der Waals surface area contributed by atoms with Crippen molar-refractivity contribution in [3.63, 3.8) is 0 Å². The van der Waals surface area contributed by atoms with Gasteiger partial charge in [-0.05, 0) is 12.3 Å². The Hall–Kier alpha value is -0.650. The Bertz CT molecular complexity index is 307. The molecule has 118 valence electrons. The van der Waals surface area contributed by atoms with E-state index in [1.54, 1.807) is 7.11 Å². The largest absolute Gasteiger partial charge is 0.391 e. The van der Waals surface area contributed by atoms with Crippen LogP contribution in [0.1, 0.15) is 34.1 Å². The van der Waals surface area contributed by atoms with E-state index in [0.717, 1.165) is 26.2 Å². The lowest BCUT2D eigenvalue weighted by Gasteiger charge is -2.38. The number of amides is 1. The number of hydrogen-bond donors (Lipinski definition) is 1. The molecule has 1 saturated heterocycles. The highest BCUT2D eigenvalue weighted by Gasteiger charge is 2.27. The summed E-state index contributed by atoms with van der Waals surface area (Å²) in [6.07, 6.45) is 0.0858. The lowest BCUT2D eigenvalue weighted by molar-refractivity contribution is -0.135. The van der Waals surface area contributed by atoms with Gasteiger partial charge in [-0.1, -0.05) is 20.8 Å². The molecule has 0 aliphatic carbocycles. The van der Waals surface area contributed by atoms with Gasteiger partial charge in [-0.25, -0.2) is 0 Å². The van der Waals surface area contributed by atoms with E-state index in [-0.39, 0.29) is 23.5 Å². The molecule has 0 unspecified atom stereocenters. The number of hydrogen-bond acceptors (Lipinski definition) is 4. The highest BCUT2D eigenvalue weighted by molar-refractivity contribution is 5.76. The molecule has 1 rings (SSSR count). The number of nitrogens with zero attached hydrogens (tertiary/aromatic N) is 2. The average molecular weight is 286 g/mol. The maximum absolute atomic E-state index is 12.0. The summed E-state index contributed by atoms with van der Waals surface area (Å²) in [6, 6.07) is 0. The number of aliphatic hydroxyl groups excluding tert-OH is 1. The highest BCUT2D eigenvalue weighted by atomic mass is 16.5. The normalized spacial score (nSPS) is 20.8. The monoisotopic (exact) mass is 286 g/mol. The van der Waals surface area contributed by atoms with Crippen molar-refractivity contribution >= 4 is 5.91 Å². The molecule has 0 spiro atoms. The second-order valence-electron chi connectivity index (χ2n) is 6.81. The molecule has 1 fully saturated rings. The van der Waals surface area contributed by atoms with Crippen molar-refractivity contribution < 1.29 is 14.6 Å². The summed E-state index contributed by atoms with van der Waals surface area (Å²) in [6.45, 7) is 11.9. The van der Waals surface area contributed by atoms with Crippen LogP contribution in [-0.4, -0.2) is 72.9 Å². The molecule has 1 aliphatic heterocycles. The fourth-order valence-corrected chi connectivity index (χ4v) is 2.16. The number of aliphatic hydroxyl groups is 1. The molecule has 0 aromatic heterocycles. The third-order valence-corrected chi connectivity index (χ3v) is 4.02. The van der Waals surface area contributed by atoms with Crippen molar-refractivity contribution in [2.45, 2.75) is 46.3 Å². The summed E-state index contributed by atoms with van der Waals surface area (Å²) in [7, 11) is 1.63. The van der Waals surface area contributed by atoms with Gasteiger partial charge in [0.05, 0.1) is 18.6 Å². The molecule has 1 aliphatic rings. The fourth-order valence-electron chi connectivity index (χ4n) is 2.16. The van der Waals surface area contributed by atoms with E-state index >= 15 is 0 Å². The van der Waals surface area contributed by atoms with E-state index in [1.807, 2.05) is 32.6 Å². The van der Waals surface area contributed by atoms with Crippen molar-refractivity contribution in [3.8, 4) is 0 Å². The first-order chi connectivity index (χ1) is 9.24. The Morgan fingerprint density at radius 3 is 2.25 bits per heavy atom. The maximum atomic E-state index is 12.0. The number of rotatable bonds is 5. The molecule has 1 heterocycles. The van der Waals surface area contributed by atoms with Crippen molar-refractivity contribution in [3.05, 3.63) is 0 Å². The lowest BCUT2D eigenvalue weighted by atomic mass is 9.89. The van der Waals surface area contributed by atoms with Gasteiger partial charge in [0.2, 0.25) is 5.91 Å². The minimum Gasteiger partial charge on any atom is -0.391 e. The molecule has 0 aromatic rings. The molecule has 0 saturated carbocycles. The summed E-state index contributed by atoms with van der Waals surface area (Å²) in [5.41, 5.74) is -0.0964. The van der Waals surface area contributed by atoms with Gasteiger partial charge < -0.3 is 14.7 Å². The van der Waals surface area contributed by atoms with Gasteiger partial charge in [-0.3, -0.25) is 9.69 Å². The molecular weight excluding hydrogens is 256 g/mol. The number of carbonyl (C=O) groups excluding carboxylic acids is 1. The summed E-state index contributed by atoms with van der Waals surface area (Å²) in [5.74, 6) is 0.162. The number of piperazine rings is 1. The lowest BCUT2D eigenvalue weighted by Crippen LogP contribution is -2.52. The van der Waals surface area contributed by atoms with Crippen molar-refractivity contribution in [1.29, 1.82) is 0 Å². The van der Waals surface area contributed by atoms with Crippen LogP contribution in [0.2, 0.25) is 0 Å². The molecule has 5 heteroatoms. The predicted molar refractivity (Wildman–Crippen MR) is 79.6 cm³/mol. The summed E-state index contributed by atoms with van der Waals surface area (Å²) in [4.78, 5) is 16.2. The molecule has 20 heavy (non-hydrogen) atoms. The Morgan fingerprint density at radius 1 is 1.25 bits per heavy atom. The van der Waals surface area contributed by atoms with Gasteiger partial charge >= 0.3 is 0 Å². The third kappa shape index (κ3) is 5.38. The summed E-state index contributed by atoms with van der Waals surface area (Å²) >= 11 is 0. The molecule has 0 radical (unpaired) electrons. The highest BCUT2D eigenvalue weighted by Crippen LogP contribution is 2.20. The molecule has 1 amide bonds. The van der Waals surface area contributed by atoms with Crippen LogP contribution < -0.4 is 0 Å². The van der Waals surface area contributed by atoms with Crippen LogP contribution in [0.4, 0.5) is 0 Å². The van der Waals surface area contributed by atoms with E-state index in [1.165, 1.54) is 0 Å². The first kappa shape index (κ1) is 17.4. The van der Waals surface area contributed by atoms with Gasteiger partial charge in [0, 0.05) is 39.8 Å². The fraction of sp³-hybridized carbons (Fsp3) is 0.933. The van der Waals surface area contributed by atoms with Crippen LogP contribution in [0.5, 0.6) is 0 Å². The van der Waals surface area contributed by atoms with Crippen LogP contribution in [0, 0.1) is 5.41 Å². The number of methoxy groups -OCH3 is 1. The van der Waals surface area contributed by atoms with Crippen LogP contribution in [-0.2, 0) is 9.53 Å². The Balaban J connectivity index is 2.35. The Morgan fingerprint density at radius 2 is 1.80 bits per heavy atom. The van der Waals surface area contributed by atoms with E-state index in [2.05, 4.69) is 4.90 Å². The maximum Gasteiger partial charge on any atom is 0.225 e. The first-order valence-corrected chi connectivity index (χ1v) is 7.45. The molecule has 5 nitrogen and oxygen atoms in total. The zero-order valence-electron chi connectivity index (χ0n) is 13.6. The van der Waals surface area contributed by atoms with Gasteiger partial charge in [0.1, 0.15) is 0 Å². The zero-order valence-corrected chi connectivity index (χ0v) is 13.6. The van der Waals surface area contributed by atoms with Gasteiger partial charge in [-0.15, -0.1) is 0 Å². The quantitative estimate of drug-likeness (QED) is 0.818. The molecule has 1 N–H and O–H groups in total. The predicted octanol–water partition coefficient (Wildman–Crippen LogP) is 0.963. The minimum atomic E-state index is -0.335. The van der Waals surface area contributed by atoms with Crippen molar-refractivity contribution in [1.82, 2.24) is 9.80 Å². The number of ether oxygens (including phenoxy) is 1. The van der Waals surface area contributed by atoms with Gasteiger partial charge in [0.25, 0.3) is 0 Å². The van der Waals surface area contributed by atoms with E-state index < -0.39 is 0 Å². The third-order valence-electron chi connectivity index (χ3n) is 4.02. The van der Waals surface area contributed by atoms with Crippen LogP contribution >= 0.6 is 0 Å². The molecular formula is C15H30N2O3. The smallest absolute Gasteiger partial charge is 0.225 e. The van der Waals surface area contributed by atoms with Crippen LogP contribution in [0.25, 0.3) is 0 Å². The van der Waals surface area contributed by atoms with Gasteiger partial charge in [0.15, 0.2) is 0 Å². The van der Waals surface area contributed by atoms with E-state index in [9.17, 15) is 9.90 Å². The van der Waals surface area contributed by atoms with E-state index in [0.29, 0.717) is 13.0 Å². The molecule has 2 atom stereocenters. The topological polar surface area (TPSA) is 53.0 Å². The second-order valence-corrected chi connectivity index (χ2v) is 6.81. The number of β-amino-alcohol motifs (C(OH)–C–C–N with tert-alkyl or cyclic N) is 1. The number of carbonyl (C=O) groups is 1.